The number of nitrogens with zero attached hydrogens (tertiary/aromatic N) is 1. The van der Waals surface area contributed by atoms with E-state index in [0.717, 1.165) is 18.5 Å². The third-order valence-corrected chi connectivity index (χ3v) is 4.24. The molecule has 0 aliphatic carbocycles. The molecule has 1 aromatic rings. The fraction of sp³-hybridized carbons (Fsp3) is 0.625. The summed E-state index contributed by atoms with van der Waals surface area (Å²) >= 11 is 0. The van der Waals surface area contributed by atoms with Crippen LogP contribution in [0.25, 0.3) is 0 Å². The predicted molar refractivity (Wildman–Crippen MR) is 77.8 cm³/mol. The van der Waals surface area contributed by atoms with Gasteiger partial charge in [-0.2, -0.15) is 0 Å². The van der Waals surface area contributed by atoms with Gasteiger partial charge in [0.1, 0.15) is 0 Å². The lowest BCUT2D eigenvalue weighted by Crippen LogP contribution is -2.36. The lowest BCUT2D eigenvalue weighted by Gasteiger charge is -2.28. The SMILES string of the molecule is CNC(CN1CC(C)CC1C)c1ccccc1C. The van der Waals surface area contributed by atoms with Crippen LogP contribution in [-0.2, 0) is 0 Å². The van der Waals surface area contributed by atoms with Crippen molar-refractivity contribution in [2.45, 2.75) is 39.3 Å². The highest BCUT2D eigenvalue weighted by Gasteiger charge is 2.28. The molecule has 100 valence electrons. The van der Waals surface area contributed by atoms with Crippen LogP contribution in [0.1, 0.15) is 37.4 Å². The number of hydrogen-bond donors (Lipinski definition) is 1. The Morgan fingerprint density at radius 1 is 1.33 bits per heavy atom. The zero-order valence-electron chi connectivity index (χ0n) is 12.1. The molecule has 1 saturated heterocycles. The molecule has 0 spiro atoms. The summed E-state index contributed by atoms with van der Waals surface area (Å²) in [5, 5.41) is 3.48. The second-order valence-corrected chi connectivity index (χ2v) is 5.84. The number of benzene rings is 1. The van der Waals surface area contributed by atoms with Crippen molar-refractivity contribution in [3.8, 4) is 0 Å². The van der Waals surface area contributed by atoms with Crippen molar-refractivity contribution in [1.29, 1.82) is 0 Å². The average Bonchev–Trinajstić information content (AvgIpc) is 2.66. The Hall–Kier alpha value is -0.860. The van der Waals surface area contributed by atoms with Crippen molar-refractivity contribution in [2.24, 2.45) is 5.92 Å². The zero-order valence-corrected chi connectivity index (χ0v) is 12.1. The Bertz CT molecular complexity index is 388. The van der Waals surface area contributed by atoms with Crippen LogP contribution in [0.5, 0.6) is 0 Å². The van der Waals surface area contributed by atoms with E-state index in [1.54, 1.807) is 0 Å². The predicted octanol–water partition coefficient (Wildman–Crippen LogP) is 2.99. The van der Waals surface area contributed by atoms with Crippen LogP contribution in [0.4, 0.5) is 0 Å². The van der Waals surface area contributed by atoms with Gasteiger partial charge in [0.15, 0.2) is 0 Å². The van der Waals surface area contributed by atoms with Gasteiger partial charge in [-0.25, -0.2) is 0 Å². The minimum Gasteiger partial charge on any atom is -0.312 e. The number of likely N-dealkylation sites (N-methyl/N-ethyl adjacent to an activating group) is 1. The van der Waals surface area contributed by atoms with E-state index in [1.165, 1.54) is 24.1 Å². The van der Waals surface area contributed by atoms with Crippen molar-refractivity contribution >= 4 is 0 Å². The molecule has 1 aliphatic rings. The standard InChI is InChI=1S/C16H26N2/c1-12-9-14(3)18(10-12)11-16(17-4)15-8-6-5-7-13(15)2/h5-8,12,14,16-17H,9-11H2,1-4H3. The van der Waals surface area contributed by atoms with Gasteiger partial charge in [0, 0.05) is 25.2 Å². The van der Waals surface area contributed by atoms with Crippen LogP contribution in [0.2, 0.25) is 0 Å². The minimum absolute atomic E-state index is 0.443. The van der Waals surface area contributed by atoms with Crippen LogP contribution in [0.3, 0.4) is 0 Å². The van der Waals surface area contributed by atoms with Crippen LogP contribution in [-0.4, -0.2) is 31.1 Å². The first-order valence-corrected chi connectivity index (χ1v) is 7.08. The quantitative estimate of drug-likeness (QED) is 0.878. The zero-order chi connectivity index (χ0) is 13.1. The monoisotopic (exact) mass is 246 g/mol. The Labute approximate surface area is 111 Å². The van der Waals surface area contributed by atoms with Gasteiger partial charge < -0.3 is 5.32 Å². The van der Waals surface area contributed by atoms with Crippen LogP contribution < -0.4 is 5.32 Å². The molecule has 2 nitrogen and oxygen atoms in total. The molecule has 1 aliphatic heterocycles. The Balaban J connectivity index is 2.08. The first kappa shape index (κ1) is 13.6. The van der Waals surface area contributed by atoms with Crippen LogP contribution >= 0.6 is 0 Å². The largest absolute Gasteiger partial charge is 0.312 e. The molecule has 0 saturated carbocycles. The van der Waals surface area contributed by atoms with E-state index >= 15 is 0 Å². The van der Waals surface area contributed by atoms with Gasteiger partial charge >= 0.3 is 0 Å². The van der Waals surface area contributed by atoms with E-state index in [4.69, 9.17) is 0 Å². The van der Waals surface area contributed by atoms with Gasteiger partial charge in [0.25, 0.3) is 0 Å². The van der Waals surface area contributed by atoms with Crippen LogP contribution in [0.15, 0.2) is 24.3 Å². The van der Waals surface area contributed by atoms with Crippen LogP contribution in [0, 0.1) is 12.8 Å². The van der Waals surface area contributed by atoms with E-state index in [-0.39, 0.29) is 0 Å². The molecule has 1 N–H and O–H groups in total. The molecule has 18 heavy (non-hydrogen) atoms. The van der Waals surface area contributed by atoms with Gasteiger partial charge in [-0.05, 0) is 44.4 Å². The highest BCUT2D eigenvalue weighted by molar-refractivity contribution is 5.29. The molecule has 3 atom stereocenters. The summed E-state index contributed by atoms with van der Waals surface area (Å²) in [5.41, 5.74) is 2.82. The lowest BCUT2D eigenvalue weighted by atomic mass is 10.0. The molecule has 1 heterocycles. The van der Waals surface area contributed by atoms with Gasteiger partial charge in [0.2, 0.25) is 0 Å². The molecule has 0 amide bonds. The molecule has 0 aromatic heterocycles. The smallest absolute Gasteiger partial charge is 0.0449 e. The summed E-state index contributed by atoms with van der Waals surface area (Å²) in [7, 11) is 2.07. The van der Waals surface area contributed by atoms with Crippen molar-refractivity contribution in [1.82, 2.24) is 10.2 Å². The van der Waals surface area contributed by atoms with Gasteiger partial charge in [-0.3, -0.25) is 4.90 Å². The number of hydrogen-bond acceptors (Lipinski definition) is 2. The fourth-order valence-corrected chi connectivity index (χ4v) is 3.20. The molecular formula is C16H26N2. The van der Waals surface area contributed by atoms with E-state index < -0.39 is 0 Å². The average molecular weight is 246 g/mol. The summed E-state index contributed by atoms with van der Waals surface area (Å²) in [6.07, 6.45) is 1.34. The topological polar surface area (TPSA) is 15.3 Å². The van der Waals surface area contributed by atoms with E-state index in [0.29, 0.717) is 6.04 Å². The normalized spacial score (nSPS) is 26.4. The van der Waals surface area contributed by atoms with Gasteiger partial charge in [-0.15, -0.1) is 0 Å². The molecule has 0 bridgehead atoms. The maximum Gasteiger partial charge on any atom is 0.0449 e. The number of likely N-dealkylation sites (tertiary alicyclic amines) is 1. The van der Waals surface area contributed by atoms with E-state index in [9.17, 15) is 0 Å². The molecule has 1 aromatic carbocycles. The van der Waals surface area contributed by atoms with Gasteiger partial charge in [0.05, 0.1) is 0 Å². The molecule has 2 rings (SSSR count). The van der Waals surface area contributed by atoms with Crippen molar-refractivity contribution in [3.63, 3.8) is 0 Å². The maximum absolute atomic E-state index is 3.48. The summed E-state index contributed by atoms with van der Waals surface area (Å²) in [5.74, 6) is 0.842. The van der Waals surface area contributed by atoms with Gasteiger partial charge in [-0.1, -0.05) is 31.2 Å². The summed E-state index contributed by atoms with van der Waals surface area (Å²) < 4.78 is 0. The Morgan fingerprint density at radius 2 is 2.06 bits per heavy atom. The Morgan fingerprint density at radius 3 is 2.61 bits per heavy atom. The fourth-order valence-electron chi connectivity index (χ4n) is 3.20. The molecule has 2 heteroatoms. The number of rotatable bonds is 4. The highest BCUT2D eigenvalue weighted by atomic mass is 15.2. The number of aryl methyl sites for hydroxylation is 1. The third kappa shape index (κ3) is 2.93. The van der Waals surface area contributed by atoms with Crippen molar-refractivity contribution in [3.05, 3.63) is 35.4 Å². The summed E-state index contributed by atoms with van der Waals surface area (Å²) in [4.78, 5) is 2.62. The minimum atomic E-state index is 0.443. The highest BCUT2D eigenvalue weighted by Crippen LogP contribution is 2.26. The lowest BCUT2D eigenvalue weighted by molar-refractivity contribution is 0.238. The second-order valence-electron chi connectivity index (χ2n) is 5.84. The first-order valence-electron chi connectivity index (χ1n) is 7.08. The molecule has 3 unspecified atom stereocenters. The van der Waals surface area contributed by atoms with Crippen molar-refractivity contribution in [2.75, 3.05) is 20.1 Å². The van der Waals surface area contributed by atoms with E-state index in [1.807, 2.05) is 0 Å². The second kappa shape index (κ2) is 5.85. The first-order chi connectivity index (χ1) is 8.61. The molecule has 1 fully saturated rings. The van der Waals surface area contributed by atoms with E-state index in [2.05, 4.69) is 62.3 Å². The summed E-state index contributed by atoms with van der Waals surface area (Å²) in [6.45, 7) is 9.28. The third-order valence-electron chi connectivity index (χ3n) is 4.24. The molecule has 0 radical (unpaired) electrons. The Kier molecular flexibility index (Phi) is 4.41. The molecular weight excluding hydrogens is 220 g/mol. The summed E-state index contributed by atoms with van der Waals surface area (Å²) in [6, 6.07) is 9.88. The van der Waals surface area contributed by atoms with Crippen molar-refractivity contribution < 1.29 is 0 Å². The maximum atomic E-state index is 3.48. The number of nitrogens with one attached hydrogen (secondary N) is 1.